The van der Waals surface area contributed by atoms with Gasteiger partial charge in [-0.2, -0.15) is 0 Å². The maximum absolute atomic E-state index is 2.83. The van der Waals surface area contributed by atoms with Gasteiger partial charge in [-0.05, 0) is 62.9 Å². The zero-order valence-corrected chi connectivity index (χ0v) is 9.47. The standard InChI is InChI=1S/C13H23N/c1-2-13-7-3-5-11-6-10-14(12(11)13)9-4-8-13/h11-12H,2-10H2,1H3/t11-,12+,13-/m0/s1. The van der Waals surface area contributed by atoms with Crippen molar-refractivity contribution in [1.82, 2.24) is 4.90 Å². The molecular formula is C13H23N. The summed E-state index contributed by atoms with van der Waals surface area (Å²) < 4.78 is 0. The Bertz CT molecular complexity index is 205. The van der Waals surface area contributed by atoms with Crippen LogP contribution in [0.1, 0.15) is 51.9 Å². The maximum Gasteiger partial charge on any atom is 0.0180 e. The van der Waals surface area contributed by atoms with Gasteiger partial charge in [0.2, 0.25) is 0 Å². The van der Waals surface area contributed by atoms with Crippen LogP contribution in [0.2, 0.25) is 0 Å². The van der Waals surface area contributed by atoms with Gasteiger partial charge < -0.3 is 0 Å². The fourth-order valence-electron chi connectivity index (χ4n) is 4.70. The van der Waals surface area contributed by atoms with E-state index in [1.54, 1.807) is 0 Å². The molecule has 1 saturated carbocycles. The van der Waals surface area contributed by atoms with Crippen molar-refractivity contribution >= 4 is 0 Å². The molecule has 0 amide bonds. The van der Waals surface area contributed by atoms with Crippen LogP contribution in [0, 0.1) is 11.3 Å². The Labute approximate surface area is 87.9 Å². The summed E-state index contributed by atoms with van der Waals surface area (Å²) in [5.74, 6) is 1.07. The van der Waals surface area contributed by atoms with Crippen molar-refractivity contribution in [2.45, 2.75) is 57.9 Å². The fraction of sp³-hybridized carbons (Fsp3) is 1.00. The Kier molecular flexibility index (Phi) is 2.12. The quantitative estimate of drug-likeness (QED) is 0.618. The number of nitrogens with zero attached hydrogens (tertiary/aromatic N) is 1. The molecule has 0 aromatic rings. The summed E-state index contributed by atoms with van der Waals surface area (Å²) in [5, 5.41) is 0. The minimum Gasteiger partial charge on any atom is -0.300 e. The van der Waals surface area contributed by atoms with Crippen molar-refractivity contribution in [2.24, 2.45) is 11.3 Å². The summed E-state index contributed by atoms with van der Waals surface area (Å²) in [6.07, 6.45) is 10.5. The van der Waals surface area contributed by atoms with Gasteiger partial charge in [-0.15, -0.1) is 0 Å². The molecule has 1 aliphatic carbocycles. The van der Waals surface area contributed by atoms with Crippen molar-refractivity contribution in [3.8, 4) is 0 Å². The molecule has 0 aromatic heterocycles. The Morgan fingerprint density at radius 3 is 2.86 bits per heavy atom. The SMILES string of the molecule is CC[C@]12CCC[C@H]3CCN(CCC1)[C@H]32. The zero-order valence-electron chi connectivity index (χ0n) is 9.47. The third kappa shape index (κ3) is 1.11. The molecule has 3 fully saturated rings. The third-order valence-electron chi connectivity index (χ3n) is 5.33. The molecule has 2 heterocycles. The van der Waals surface area contributed by atoms with Gasteiger partial charge >= 0.3 is 0 Å². The first-order valence-corrected chi connectivity index (χ1v) is 6.60. The average Bonchev–Trinajstić information content (AvgIpc) is 2.65. The third-order valence-corrected chi connectivity index (χ3v) is 5.33. The highest BCUT2D eigenvalue weighted by Crippen LogP contribution is 2.53. The first kappa shape index (κ1) is 9.21. The highest BCUT2D eigenvalue weighted by Gasteiger charge is 2.51. The van der Waals surface area contributed by atoms with Gasteiger partial charge in [0.1, 0.15) is 0 Å². The molecular weight excluding hydrogens is 170 g/mol. The minimum atomic E-state index is 0.748. The van der Waals surface area contributed by atoms with Gasteiger partial charge in [-0.25, -0.2) is 0 Å². The van der Waals surface area contributed by atoms with Crippen LogP contribution >= 0.6 is 0 Å². The highest BCUT2D eigenvalue weighted by atomic mass is 15.2. The number of piperidine rings is 1. The van der Waals surface area contributed by atoms with Crippen LogP contribution in [-0.2, 0) is 0 Å². The fourth-order valence-corrected chi connectivity index (χ4v) is 4.70. The van der Waals surface area contributed by atoms with E-state index in [0.717, 1.165) is 17.4 Å². The molecule has 0 unspecified atom stereocenters. The van der Waals surface area contributed by atoms with E-state index in [9.17, 15) is 0 Å². The number of hydrogen-bond acceptors (Lipinski definition) is 1. The van der Waals surface area contributed by atoms with Crippen LogP contribution in [0.15, 0.2) is 0 Å². The van der Waals surface area contributed by atoms with Gasteiger partial charge in [0.15, 0.2) is 0 Å². The van der Waals surface area contributed by atoms with E-state index >= 15 is 0 Å². The second-order valence-corrected chi connectivity index (χ2v) is 5.74. The summed E-state index contributed by atoms with van der Waals surface area (Å²) in [7, 11) is 0. The predicted molar refractivity (Wildman–Crippen MR) is 59.3 cm³/mol. The Balaban J connectivity index is 1.92. The van der Waals surface area contributed by atoms with E-state index in [0.29, 0.717) is 0 Å². The lowest BCUT2D eigenvalue weighted by Gasteiger charge is -2.52. The molecule has 3 atom stereocenters. The van der Waals surface area contributed by atoms with E-state index in [1.165, 1.54) is 58.0 Å². The summed E-state index contributed by atoms with van der Waals surface area (Å²) in [5.41, 5.74) is 0.748. The zero-order chi connectivity index (χ0) is 9.60. The van der Waals surface area contributed by atoms with E-state index in [4.69, 9.17) is 0 Å². The van der Waals surface area contributed by atoms with E-state index in [-0.39, 0.29) is 0 Å². The largest absolute Gasteiger partial charge is 0.300 e. The van der Waals surface area contributed by atoms with Gasteiger partial charge in [0.25, 0.3) is 0 Å². The van der Waals surface area contributed by atoms with Gasteiger partial charge in [0.05, 0.1) is 0 Å². The lowest BCUT2D eigenvalue weighted by Crippen LogP contribution is -2.53. The summed E-state index contributed by atoms with van der Waals surface area (Å²) >= 11 is 0. The lowest BCUT2D eigenvalue weighted by atomic mass is 9.61. The Hall–Kier alpha value is -0.0400. The molecule has 1 heteroatoms. The van der Waals surface area contributed by atoms with Crippen LogP contribution in [0.25, 0.3) is 0 Å². The van der Waals surface area contributed by atoms with E-state index in [1.807, 2.05) is 0 Å². The smallest absolute Gasteiger partial charge is 0.0180 e. The normalized spacial score (nSPS) is 47.8. The number of hydrogen-bond donors (Lipinski definition) is 0. The minimum absolute atomic E-state index is 0.748. The van der Waals surface area contributed by atoms with Crippen LogP contribution in [-0.4, -0.2) is 24.0 Å². The molecule has 2 aliphatic heterocycles. The summed E-state index contributed by atoms with van der Waals surface area (Å²) in [4.78, 5) is 2.83. The van der Waals surface area contributed by atoms with Crippen molar-refractivity contribution < 1.29 is 0 Å². The molecule has 1 nitrogen and oxygen atoms in total. The second-order valence-electron chi connectivity index (χ2n) is 5.74. The Morgan fingerprint density at radius 2 is 2.00 bits per heavy atom. The molecule has 0 bridgehead atoms. The van der Waals surface area contributed by atoms with E-state index in [2.05, 4.69) is 11.8 Å². The molecule has 0 aromatic carbocycles. The molecule has 3 aliphatic rings. The summed E-state index contributed by atoms with van der Waals surface area (Å²) in [6.45, 7) is 5.25. The van der Waals surface area contributed by atoms with Gasteiger partial charge in [-0.3, -0.25) is 4.90 Å². The first-order valence-electron chi connectivity index (χ1n) is 6.60. The summed E-state index contributed by atoms with van der Waals surface area (Å²) in [6, 6.07) is 0.995. The molecule has 3 rings (SSSR count). The molecule has 0 radical (unpaired) electrons. The van der Waals surface area contributed by atoms with Crippen molar-refractivity contribution in [3.05, 3.63) is 0 Å². The first-order chi connectivity index (χ1) is 6.86. The maximum atomic E-state index is 2.83. The van der Waals surface area contributed by atoms with Crippen molar-refractivity contribution in [1.29, 1.82) is 0 Å². The molecule has 80 valence electrons. The monoisotopic (exact) mass is 193 g/mol. The predicted octanol–water partition coefficient (Wildman–Crippen LogP) is 3.05. The van der Waals surface area contributed by atoms with Crippen LogP contribution < -0.4 is 0 Å². The van der Waals surface area contributed by atoms with Crippen molar-refractivity contribution in [3.63, 3.8) is 0 Å². The molecule has 0 spiro atoms. The lowest BCUT2D eigenvalue weighted by molar-refractivity contribution is -0.0151. The van der Waals surface area contributed by atoms with Crippen LogP contribution in [0.3, 0.4) is 0 Å². The molecule has 0 N–H and O–H groups in total. The number of rotatable bonds is 1. The highest BCUT2D eigenvalue weighted by molar-refractivity contribution is 5.04. The molecule has 14 heavy (non-hydrogen) atoms. The second kappa shape index (κ2) is 3.23. The Morgan fingerprint density at radius 1 is 1.14 bits per heavy atom. The van der Waals surface area contributed by atoms with Crippen LogP contribution in [0.5, 0.6) is 0 Å². The van der Waals surface area contributed by atoms with Crippen LogP contribution in [0.4, 0.5) is 0 Å². The average molecular weight is 193 g/mol. The topological polar surface area (TPSA) is 3.24 Å². The van der Waals surface area contributed by atoms with E-state index < -0.39 is 0 Å². The van der Waals surface area contributed by atoms with Gasteiger partial charge in [0, 0.05) is 6.04 Å². The molecule has 2 saturated heterocycles. The van der Waals surface area contributed by atoms with Gasteiger partial charge in [-0.1, -0.05) is 13.3 Å². The van der Waals surface area contributed by atoms with Crippen molar-refractivity contribution in [2.75, 3.05) is 13.1 Å².